The third-order valence-corrected chi connectivity index (χ3v) is 7.18. The molecule has 0 saturated heterocycles. The first-order chi connectivity index (χ1) is 16.6. The third-order valence-electron chi connectivity index (χ3n) is 4.62. The molecule has 0 atom stereocenters. The monoisotopic (exact) mass is 537 g/mol. The number of esters is 1. The minimum atomic E-state index is -0.688. The van der Waals surface area contributed by atoms with Gasteiger partial charge in [0.2, 0.25) is 5.91 Å². The number of thioether (sulfide) groups is 1. The maximum absolute atomic E-state index is 12.6. The smallest absolute Gasteiger partial charge is 0.341 e. The molecule has 0 aliphatic heterocycles. The van der Waals surface area contributed by atoms with E-state index in [1.165, 1.54) is 0 Å². The summed E-state index contributed by atoms with van der Waals surface area (Å²) in [4.78, 5) is 37.1. The second-order valence-electron chi connectivity index (χ2n) is 7.59. The number of thiophene rings is 1. The van der Waals surface area contributed by atoms with E-state index in [2.05, 4.69) is 15.5 Å². The molecule has 1 aromatic carbocycles. The third kappa shape index (κ3) is 6.53. The van der Waals surface area contributed by atoms with Gasteiger partial charge in [-0.3, -0.25) is 9.59 Å². The molecular weight excluding hydrogens is 514 g/mol. The van der Waals surface area contributed by atoms with E-state index < -0.39 is 17.8 Å². The quantitative estimate of drug-likeness (QED) is 0.294. The van der Waals surface area contributed by atoms with Gasteiger partial charge < -0.3 is 25.1 Å². The Morgan fingerprint density at radius 1 is 1.26 bits per heavy atom. The number of primary amides is 1. The predicted octanol–water partition coefficient (Wildman–Crippen LogP) is 3.81. The van der Waals surface area contributed by atoms with Crippen LogP contribution in [0, 0.1) is 6.92 Å². The van der Waals surface area contributed by atoms with Crippen LogP contribution in [0.4, 0.5) is 5.00 Å². The van der Waals surface area contributed by atoms with Crippen LogP contribution in [0.15, 0.2) is 29.4 Å². The largest absolute Gasteiger partial charge is 0.484 e. The summed E-state index contributed by atoms with van der Waals surface area (Å²) in [6, 6.07) is 7.09. The van der Waals surface area contributed by atoms with Crippen LogP contribution < -0.4 is 15.8 Å². The van der Waals surface area contributed by atoms with Crippen LogP contribution in [0.25, 0.3) is 0 Å². The van der Waals surface area contributed by atoms with Crippen LogP contribution in [0.1, 0.15) is 45.3 Å². The Labute approximate surface area is 215 Å². The molecule has 186 valence electrons. The molecule has 3 N–H and O–H groups in total. The van der Waals surface area contributed by atoms with E-state index in [9.17, 15) is 14.4 Å². The number of nitrogens with one attached hydrogen (secondary N) is 1. The highest BCUT2D eigenvalue weighted by Gasteiger charge is 2.26. The first-order valence-corrected chi connectivity index (χ1v) is 12.6. The van der Waals surface area contributed by atoms with Gasteiger partial charge in [-0.05, 0) is 38.5 Å². The Balaban J connectivity index is 1.66. The maximum atomic E-state index is 12.6. The lowest BCUT2D eigenvalue weighted by molar-refractivity contribution is -0.113. The Bertz CT molecular complexity index is 1260. The van der Waals surface area contributed by atoms with Gasteiger partial charge in [-0.25, -0.2) is 4.79 Å². The topological polar surface area (TPSA) is 138 Å². The van der Waals surface area contributed by atoms with Crippen LogP contribution in [0.3, 0.4) is 0 Å². The molecule has 0 fully saturated rings. The van der Waals surface area contributed by atoms with Gasteiger partial charge in [0.25, 0.3) is 5.91 Å². The number of para-hydroxylation sites is 1. The summed E-state index contributed by atoms with van der Waals surface area (Å²) in [5.74, 6) is -0.667. The lowest BCUT2D eigenvalue weighted by Gasteiger charge is -2.10. The number of hydrogen-bond acceptors (Lipinski definition) is 9. The average Bonchev–Trinajstić information content (AvgIpc) is 3.30. The molecule has 10 nitrogen and oxygen atoms in total. The van der Waals surface area contributed by atoms with Gasteiger partial charge in [0.1, 0.15) is 17.4 Å². The number of aromatic nitrogens is 3. The van der Waals surface area contributed by atoms with Crippen molar-refractivity contribution in [3.8, 4) is 5.75 Å². The maximum Gasteiger partial charge on any atom is 0.341 e. The summed E-state index contributed by atoms with van der Waals surface area (Å²) in [6.45, 7) is 5.14. The van der Waals surface area contributed by atoms with Crippen LogP contribution in [0.2, 0.25) is 5.02 Å². The standard InChI is InChI=1S/C22H24ClN5O5S2/c1-11(2)33-21(31)17-12(3)18(19(24)30)35-20(17)25-16(29)10-34-22-27-26-15(28(22)4)9-32-14-8-6-5-7-13(14)23/h5-8,11H,9-10H2,1-4H3,(H2,24,30)(H,25,29). The number of anilines is 1. The number of rotatable bonds is 10. The van der Waals surface area contributed by atoms with Gasteiger partial charge in [-0.1, -0.05) is 35.5 Å². The fraction of sp³-hybridized carbons (Fsp3) is 0.318. The van der Waals surface area contributed by atoms with E-state index in [1.54, 1.807) is 50.6 Å². The van der Waals surface area contributed by atoms with Crippen molar-refractivity contribution in [2.24, 2.45) is 12.8 Å². The van der Waals surface area contributed by atoms with Crippen LogP contribution >= 0.6 is 34.7 Å². The number of nitrogens with two attached hydrogens (primary N) is 1. The lowest BCUT2D eigenvalue weighted by atomic mass is 10.1. The number of benzene rings is 1. The van der Waals surface area contributed by atoms with E-state index in [-0.39, 0.29) is 33.9 Å². The molecule has 0 saturated carbocycles. The molecule has 0 unspecified atom stereocenters. The fourth-order valence-corrected chi connectivity index (χ4v) is 4.93. The first-order valence-electron chi connectivity index (χ1n) is 10.4. The summed E-state index contributed by atoms with van der Waals surface area (Å²) in [5.41, 5.74) is 5.91. The molecule has 3 aromatic rings. The second kappa shape index (κ2) is 11.6. The van der Waals surface area contributed by atoms with Crippen molar-refractivity contribution in [1.29, 1.82) is 0 Å². The van der Waals surface area contributed by atoms with Crippen molar-refractivity contribution in [2.45, 2.75) is 38.6 Å². The Morgan fingerprint density at radius 2 is 1.97 bits per heavy atom. The molecule has 0 bridgehead atoms. The number of nitrogens with zero attached hydrogens (tertiary/aromatic N) is 3. The van der Waals surface area contributed by atoms with Crippen molar-refractivity contribution < 1.29 is 23.9 Å². The number of ether oxygens (including phenoxy) is 2. The van der Waals surface area contributed by atoms with E-state index in [0.29, 0.717) is 27.3 Å². The SMILES string of the molecule is Cc1c(C(N)=O)sc(NC(=O)CSc2nnc(COc3ccccc3Cl)n2C)c1C(=O)OC(C)C. The molecule has 0 radical (unpaired) electrons. The average molecular weight is 538 g/mol. The minimum Gasteiger partial charge on any atom is -0.484 e. The van der Waals surface area contributed by atoms with Crippen molar-refractivity contribution in [1.82, 2.24) is 14.8 Å². The molecule has 2 amide bonds. The highest BCUT2D eigenvalue weighted by Crippen LogP contribution is 2.34. The minimum absolute atomic E-state index is 0.0150. The molecular formula is C22H24ClN5O5S2. The molecule has 3 rings (SSSR count). The zero-order valence-electron chi connectivity index (χ0n) is 19.5. The number of hydrogen-bond donors (Lipinski definition) is 2. The van der Waals surface area contributed by atoms with Gasteiger partial charge in [-0.2, -0.15) is 0 Å². The lowest BCUT2D eigenvalue weighted by Crippen LogP contribution is -2.18. The zero-order chi connectivity index (χ0) is 25.7. The van der Waals surface area contributed by atoms with E-state index in [0.717, 1.165) is 23.1 Å². The van der Waals surface area contributed by atoms with E-state index >= 15 is 0 Å². The Kier molecular flexibility index (Phi) is 8.76. The van der Waals surface area contributed by atoms with Crippen LogP contribution in [0.5, 0.6) is 5.75 Å². The summed E-state index contributed by atoms with van der Waals surface area (Å²) in [7, 11) is 1.76. The van der Waals surface area contributed by atoms with Crippen LogP contribution in [-0.2, 0) is 23.2 Å². The Hall–Kier alpha value is -3.09. The van der Waals surface area contributed by atoms with Crippen molar-refractivity contribution in [3.63, 3.8) is 0 Å². The summed E-state index contributed by atoms with van der Waals surface area (Å²) in [6.07, 6.45) is -0.370. The summed E-state index contributed by atoms with van der Waals surface area (Å²) >= 11 is 8.19. The molecule has 2 aromatic heterocycles. The predicted molar refractivity (Wildman–Crippen MR) is 134 cm³/mol. The van der Waals surface area contributed by atoms with Crippen molar-refractivity contribution in [2.75, 3.05) is 11.1 Å². The first kappa shape index (κ1) is 26.5. The second-order valence-corrected chi connectivity index (χ2v) is 9.96. The van der Waals surface area contributed by atoms with Crippen molar-refractivity contribution in [3.05, 3.63) is 51.1 Å². The highest BCUT2D eigenvalue weighted by atomic mass is 35.5. The van der Waals surface area contributed by atoms with E-state index in [1.807, 2.05) is 6.07 Å². The van der Waals surface area contributed by atoms with Gasteiger partial charge >= 0.3 is 5.97 Å². The summed E-state index contributed by atoms with van der Waals surface area (Å²) in [5, 5.41) is 12.1. The number of carbonyl (C=O) groups excluding carboxylic acids is 3. The van der Waals surface area contributed by atoms with Gasteiger partial charge in [0, 0.05) is 7.05 Å². The summed E-state index contributed by atoms with van der Waals surface area (Å²) < 4.78 is 12.7. The zero-order valence-corrected chi connectivity index (χ0v) is 21.8. The fourth-order valence-electron chi connectivity index (χ4n) is 2.95. The number of carbonyl (C=O) groups is 3. The number of halogens is 1. The molecule has 2 heterocycles. The molecule has 13 heteroatoms. The van der Waals surface area contributed by atoms with Crippen LogP contribution in [-0.4, -0.2) is 44.4 Å². The molecule has 0 aliphatic carbocycles. The Morgan fingerprint density at radius 3 is 2.63 bits per heavy atom. The normalized spacial score (nSPS) is 10.9. The number of amides is 2. The molecule has 0 spiro atoms. The highest BCUT2D eigenvalue weighted by molar-refractivity contribution is 7.99. The van der Waals surface area contributed by atoms with Crippen molar-refractivity contribution >= 4 is 57.5 Å². The molecule has 0 aliphatic rings. The van der Waals surface area contributed by atoms with Gasteiger partial charge in [-0.15, -0.1) is 21.5 Å². The molecule has 35 heavy (non-hydrogen) atoms. The van der Waals surface area contributed by atoms with E-state index in [4.69, 9.17) is 26.8 Å². The van der Waals surface area contributed by atoms with Gasteiger partial charge in [0.15, 0.2) is 11.0 Å². The van der Waals surface area contributed by atoms with Gasteiger partial charge in [0.05, 0.1) is 27.3 Å².